The zero-order chi connectivity index (χ0) is 12.7. The Labute approximate surface area is 102 Å². The first-order valence-electron chi connectivity index (χ1n) is 6.13. The van der Waals surface area contributed by atoms with Gasteiger partial charge in [0.25, 0.3) is 0 Å². The highest BCUT2D eigenvalue weighted by atomic mass is 15.3. The molecule has 0 saturated carbocycles. The molecule has 0 amide bonds. The lowest BCUT2D eigenvalue weighted by atomic mass is 10.0. The second kappa shape index (κ2) is 4.09. The molecular formula is C13H20N4. The van der Waals surface area contributed by atoms with Crippen LogP contribution in [0.25, 0.3) is 11.0 Å². The zero-order valence-electron chi connectivity index (χ0n) is 11.4. The lowest BCUT2D eigenvalue weighted by Gasteiger charge is -2.09. The fourth-order valence-corrected chi connectivity index (χ4v) is 2.14. The quantitative estimate of drug-likeness (QED) is 0.799. The van der Waals surface area contributed by atoms with Crippen LogP contribution in [0.2, 0.25) is 0 Å². The predicted molar refractivity (Wildman–Crippen MR) is 69.2 cm³/mol. The standard InChI is InChI=1S/C13H20N4/c1-7(2)11-10-12(8(3)4)16-17(6)13(10)15-9(5)14-11/h7-8H,1-6H3. The van der Waals surface area contributed by atoms with Crippen LogP contribution in [0.15, 0.2) is 0 Å². The maximum absolute atomic E-state index is 4.59. The van der Waals surface area contributed by atoms with Crippen LogP contribution in [0.1, 0.15) is 56.7 Å². The van der Waals surface area contributed by atoms with Gasteiger partial charge in [-0.15, -0.1) is 0 Å². The number of fused-ring (bicyclic) bond motifs is 1. The molecule has 0 N–H and O–H groups in total. The first-order chi connectivity index (χ1) is 7.91. The molecule has 4 nitrogen and oxygen atoms in total. The summed E-state index contributed by atoms with van der Waals surface area (Å²) in [4.78, 5) is 9.10. The second-order valence-electron chi connectivity index (χ2n) is 5.17. The first kappa shape index (κ1) is 12.0. The van der Waals surface area contributed by atoms with Gasteiger partial charge in [-0.05, 0) is 18.8 Å². The summed E-state index contributed by atoms with van der Waals surface area (Å²) in [5, 5.41) is 5.73. The maximum Gasteiger partial charge on any atom is 0.161 e. The summed E-state index contributed by atoms with van der Waals surface area (Å²) in [5.74, 6) is 1.60. The van der Waals surface area contributed by atoms with E-state index in [-0.39, 0.29) is 0 Å². The van der Waals surface area contributed by atoms with Gasteiger partial charge in [0, 0.05) is 7.05 Å². The summed E-state index contributed by atoms with van der Waals surface area (Å²) in [5.41, 5.74) is 3.17. The van der Waals surface area contributed by atoms with E-state index in [1.807, 2.05) is 18.7 Å². The highest BCUT2D eigenvalue weighted by Crippen LogP contribution is 2.29. The normalized spacial score (nSPS) is 12.0. The summed E-state index contributed by atoms with van der Waals surface area (Å²) < 4.78 is 1.87. The minimum absolute atomic E-state index is 0.390. The Balaban J connectivity index is 2.88. The lowest BCUT2D eigenvalue weighted by Crippen LogP contribution is -2.01. The third-order valence-electron chi connectivity index (χ3n) is 2.94. The SMILES string of the molecule is Cc1nc(C(C)C)c2c(C(C)C)nn(C)c2n1. The Kier molecular flexibility index (Phi) is 2.89. The van der Waals surface area contributed by atoms with E-state index in [1.165, 1.54) is 0 Å². The van der Waals surface area contributed by atoms with Crippen molar-refractivity contribution in [3.05, 3.63) is 17.2 Å². The first-order valence-corrected chi connectivity index (χ1v) is 6.13. The van der Waals surface area contributed by atoms with Crippen molar-refractivity contribution in [1.29, 1.82) is 0 Å². The molecule has 0 saturated heterocycles. The van der Waals surface area contributed by atoms with Crippen LogP contribution in [-0.4, -0.2) is 19.7 Å². The van der Waals surface area contributed by atoms with Crippen molar-refractivity contribution >= 4 is 11.0 Å². The Morgan fingerprint density at radius 2 is 1.53 bits per heavy atom. The Morgan fingerprint density at radius 3 is 2.06 bits per heavy atom. The highest BCUT2D eigenvalue weighted by molar-refractivity contribution is 5.82. The van der Waals surface area contributed by atoms with Gasteiger partial charge < -0.3 is 0 Å². The van der Waals surface area contributed by atoms with Gasteiger partial charge in [0.1, 0.15) is 5.82 Å². The number of aromatic nitrogens is 4. The molecular weight excluding hydrogens is 212 g/mol. The van der Waals surface area contributed by atoms with Gasteiger partial charge in [-0.25, -0.2) is 9.97 Å². The van der Waals surface area contributed by atoms with E-state index in [1.54, 1.807) is 0 Å². The van der Waals surface area contributed by atoms with E-state index in [4.69, 9.17) is 0 Å². The van der Waals surface area contributed by atoms with Crippen molar-refractivity contribution < 1.29 is 0 Å². The second-order valence-corrected chi connectivity index (χ2v) is 5.17. The number of nitrogens with zero attached hydrogens (tertiary/aromatic N) is 4. The van der Waals surface area contributed by atoms with E-state index in [9.17, 15) is 0 Å². The molecule has 2 heterocycles. The molecule has 0 aliphatic heterocycles. The van der Waals surface area contributed by atoms with Crippen molar-refractivity contribution in [3.63, 3.8) is 0 Å². The van der Waals surface area contributed by atoms with E-state index < -0.39 is 0 Å². The summed E-state index contributed by atoms with van der Waals surface area (Å²) >= 11 is 0. The average Bonchev–Trinajstić information content (AvgIpc) is 2.55. The van der Waals surface area contributed by atoms with Gasteiger partial charge in [0.15, 0.2) is 5.65 Å². The smallest absolute Gasteiger partial charge is 0.161 e. The zero-order valence-corrected chi connectivity index (χ0v) is 11.4. The molecule has 0 fully saturated rings. The molecule has 0 spiro atoms. The van der Waals surface area contributed by atoms with Crippen LogP contribution < -0.4 is 0 Å². The van der Waals surface area contributed by atoms with Crippen LogP contribution in [0.3, 0.4) is 0 Å². The monoisotopic (exact) mass is 232 g/mol. The fraction of sp³-hybridized carbons (Fsp3) is 0.615. The van der Waals surface area contributed by atoms with Crippen molar-refractivity contribution in [2.75, 3.05) is 0 Å². The number of rotatable bonds is 2. The molecule has 17 heavy (non-hydrogen) atoms. The van der Waals surface area contributed by atoms with E-state index >= 15 is 0 Å². The predicted octanol–water partition coefficient (Wildman–Crippen LogP) is 2.92. The molecule has 92 valence electrons. The molecule has 0 radical (unpaired) electrons. The van der Waals surface area contributed by atoms with Crippen LogP contribution in [0.5, 0.6) is 0 Å². The van der Waals surface area contributed by atoms with Gasteiger partial charge in [-0.3, -0.25) is 4.68 Å². The molecule has 0 aliphatic carbocycles. The Bertz CT molecular complexity index is 552. The highest BCUT2D eigenvalue weighted by Gasteiger charge is 2.19. The fourth-order valence-electron chi connectivity index (χ4n) is 2.14. The van der Waals surface area contributed by atoms with Crippen LogP contribution in [0.4, 0.5) is 0 Å². The molecule has 0 unspecified atom stereocenters. The van der Waals surface area contributed by atoms with E-state index in [0.717, 1.165) is 28.2 Å². The minimum atomic E-state index is 0.390. The van der Waals surface area contributed by atoms with Crippen molar-refractivity contribution in [2.24, 2.45) is 7.05 Å². The molecule has 2 rings (SSSR count). The third kappa shape index (κ3) is 1.92. The van der Waals surface area contributed by atoms with E-state index in [2.05, 4.69) is 42.8 Å². The molecule has 2 aromatic rings. The number of aryl methyl sites for hydroxylation is 2. The Morgan fingerprint density at radius 1 is 0.941 bits per heavy atom. The summed E-state index contributed by atoms with van der Waals surface area (Å²) in [6, 6.07) is 0. The van der Waals surface area contributed by atoms with Crippen LogP contribution in [-0.2, 0) is 7.05 Å². The molecule has 0 atom stereocenters. The minimum Gasteiger partial charge on any atom is -0.250 e. The van der Waals surface area contributed by atoms with Crippen LogP contribution in [0, 0.1) is 6.92 Å². The van der Waals surface area contributed by atoms with Crippen LogP contribution >= 0.6 is 0 Å². The average molecular weight is 232 g/mol. The molecule has 0 aromatic carbocycles. The maximum atomic E-state index is 4.59. The molecule has 4 heteroatoms. The third-order valence-corrected chi connectivity index (χ3v) is 2.94. The topological polar surface area (TPSA) is 43.6 Å². The van der Waals surface area contributed by atoms with Gasteiger partial charge in [0.2, 0.25) is 0 Å². The van der Waals surface area contributed by atoms with E-state index in [0.29, 0.717) is 11.8 Å². The van der Waals surface area contributed by atoms with Crippen molar-refractivity contribution in [3.8, 4) is 0 Å². The van der Waals surface area contributed by atoms with Crippen molar-refractivity contribution in [2.45, 2.75) is 46.5 Å². The van der Waals surface area contributed by atoms with Gasteiger partial charge in [-0.1, -0.05) is 27.7 Å². The summed E-state index contributed by atoms with van der Waals surface area (Å²) in [7, 11) is 1.95. The Hall–Kier alpha value is -1.45. The van der Waals surface area contributed by atoms with Gasteiger partial charge in [0.05, 0.1) is 16.8 Å². The van der Waals surface area contributed by atoms with Gasteiger partial charge in [-0.2, -0.15) is 5.10 Å². The number of hydrogen-bond donors (Lipinski definition) is 0. The molecule has 0 aliphatic rings. The lowest BCUT2D eigenvalue weighted by molar-refractivity contribution is 0.723. The number of hydrogen-bond acceptors (Lipinski definition) is 3. The van der Waals surface area contributed by atoms with Crippen molar-refractivity contribution in [1.82, 2.24) is 19.7 Å². The molecule has 2 aromatic heterocycles. The van der Waals surface area contributed by atoms with Gasteiger partial charge >= 0.3 is 0 Å². The molecule has 0 bridgehead atoms. The largest absolute Gasteiger partial charge is 0.250 e. The summed E-state index contributed by atoms with van der Waals surface area (Å²) in [6.07, 6.45) is 0. The summed E-state index contributed by atoms with van der Waals surface area (Å²) in [6.45, 7) is 10.6.